The van der Waals surface area contributed by atoms with Gasteiger partial charge in [0.25, 0.3) is 0 Å². The van der Waals surface area contributed by atoms with Gasteiger partial charge in [0, 0.05) is 43.7 Å². The Morgan fingerprint density at radius 1 is 0.442 bits per heavy atom. The molecule has 0 fully saturated rings. The SMILES string of the molecule is c1ccc(N(c2ccc3c(c2)oc2ccccc23)c2cccc3c2sc2cccc(C4(c5ccccc5)c5ccccc5-c5ccccc54)c23)cc1. The van der Waals surface area contributed by atoms with Crippen molar-refractivity contribution in [2.75, 3.05) is 4.90 Å². The van der Waals surface area contributed by atoms with E-state index in [0.717, 1.165) is 39.0 Å². The van der Waals surface area contributed by atoms with E-state index in [0.29, 0.717) is 0 Å². The Kier molecular flexibility index (Phi) is 6.37. The molecule has 10 aromatic rings. The van der Waals surface area contributed by atoms with E-state index in [-0.39, 0.29) is 0 Å². The van der Waals surface area contributed by atoms with Crippen molar-refractivity contribution in [3.63, 3.8) is 0 Å². The molecule has 11 rings (SSSR count). The van der Waals surface area contributed by atoms with Gasteiger partial charge in [0.15, 0.2) is 0 Å². The van der Waals surface area contributed by atoms with Crippen LogP contribution in [0.3, 0.4) is 0 Å². The van der Waals surface area contributed by atoms with E-state index in [9.17, 15) is 0 Å². The minimum atomic E-state index is -0.483. The largest absolute Gasteiger partial charge is 0.456 e. The Morgan fingerprint density at radius 3 is 1.85 bits per heavy atom. The van der Waals surface area contributed by atoms with Crippen LogP contribution in [0, 0.1) is 0 Å². The highest BCUT2D eigenvalue weighted by Gasteiger charge is 2.47. The summed E-state index contributed by atoms with van der Waals surface area (Å²) in [7, 11) is 0. The van der Waals surface area contributed by atoms with Crippen molar-refractivity contribution in [1.82, 2.24) is 0 Å². The molecule has 0 amide bonds. The molecule has 0 unspecified atom stereocenters. The number of furan rings is 1. The van der Waals surface area contributed by atoms with Crippen LogP contribution >= 0.6 is 11.3 Å². The monoisotopic (exact) mass is 681 g/mol. The lowest BCUT2D eigenvalue weighted by Crippen LogP contribution is -2.28. The van der Waals surface area contributed by atoms with E-state index in [1.807, 2.05) is 23.5 Å². The summed E-state index contributed by atoms with van der Waals surface area (Å²) in [6.07, 6.45) is 0. The van der Waals surface area contributed by atoms with Gasteiger partial charge in [-0.3, -0.25) is 0 Å². The predicted molar refractivity (Wildman–Crippen MR) is 219 cm³/mol. The lowest BCUT2D eigenvalue weighted by Gasteiger charge is -2.34. The number of hydrogen-bond acceptors (Lipinski definition) is 3. The molecule has 0 saturated carbocycles. The summed E-state index contributed by atoms with van der Waals surface area (Å²) >= 11 is 1.88. The lowest BCUT2D eigenvalue weighted by molar-refractivity contribution is 0.669. The van der Waals surface area contributed by atoms with Crippen LogP contribution < -0.4 is 4.90 Å². The number of nitrogens with zero attached hydrogens (tertiary/aromatic N) is 1. The minimum Gasteiger partial charge on any atom is -0.456 e. The average Bonchev–Trinajstić information content (AvgIpc) is 3.88. The van der Waals surface area contributed by atoms with Gasteiger partial charge in [-0.15, -0.1) is 11.3 Å². The van der Waals surface area contributed by atoms with Crippen LogP contribution in [0.25, 0.3) is 53.2 Å². The van der Waals surface area contributed by atoms with Crippen LogP contribution in [0.4, 0.5) is 17.1 Å². The van der Waals surface area contributed by atoms with E-state index in [4.69, 9.17) is 4.42 Å². The third-order valence-corrected chi connectivity index (χ3v) is 12.1. The summed E-state index contributed by atoms with van der Waals surface area (Å²) in [4.78, 5) is 2.39. The summed E-state index contributed by atoms with van der Waals surface area (Å²) in [5.41, 5.74) is 12.5. The second kappa shape index (κ2) is 11.3. The first-order valence-electron chi connectivity index (χ1n) is 17.8. The number of fused-ring (bicyclic) bond motifs is 9. The number of thiophene rings is 1. The van der Waals surface area contributed by atoms with Crippen LogP contribution in [0.5, 0.6) is 0 Å². The molecule has 244 valence electrons. The molecule has 2 aromatic heterocycles. The van der Waals surface area contributed by atoms with Crippen molar-refractivity contribution in [2.24, 2.45) is 0 Å². The van der Waals surface area contributed by atoms with Crippen molar-refractivity contribution in [2.45, 2.75) is 5.41 Å². The van der Waals surface area contributed by atoms with E-state index >= 15 is 0 Å². The maximum atomic E-state index is 6.41. The fraction of sp³-hybridized carbons (Fsp3) is 0.0204. The molecule has 52 heavy (non-hydrogen) atoms. The van der Waals surface area contributed by atoms with Crippen LogP contribution in [0.2, 0.25) is 0 Å². The van der Waals surface area contributed by atoms with Crippen LogP contribution in [-0.4, -0.2) is 0 Å². The zero-order valence-corrected chi connectivity index (χ0v) is 29.0. The van der Waals surface area contributed by atoms with Gasteiger partial charge in [-0.1, -0.05) is 140 Å². The second-order valence-electron chi connectivity index (χ2n) is 13.6. The van der Waals surface area contributed by atoms with Crippen molar-refractivity contribution in [3.05, 3.63) is 210 Å². The van der Waals surface area contributed by atoms with Gasteiger partial charge in [0.2, 0.25) is 0 Å². The molecule has 0 aliphatic heterocycles. The first-order valence-corrected chi connectivity index (χ1v) is 18.6. The molecule has 3 heteroatoms. The second-order valence-corrected chi connectivity index (χ2v) is 14.6. The molecular weight excluding hydrogens is 651 g/mol. The smallest absolute Gasteiger partial charge is 0.137 e. The summed E-state index contributed by atoms with van der Waals surface area (Å²) in [5.74, 6) is 0. The number of rotatable bonds is 5. The van der Waals surface area contributed by atoms with Gasteiger partial charge in [-0.25, -0.2) is 0 Å². The minimum absolute atomic E-state index is 0.483. The van der Waals surface area contributed by atoms with Gasteiger partial charge in [0.1, 0.15) is 11.2 Å². The Balaban J connectivity index is 1.21. The average molecular weight is 682 g/mol. The van der Waals surface area contributed by atoms with E-state index in [1.165, 1.54) is 53.6 Å². The molecule has 1 aliphatic carbocycles. The number of benzene rings is 8. The van der Waals surface area contributed by atoms with Gasteiger partial charge < -0.3 is 9.32 Å². The summed E-state index contributed by atoms with van der Waals surface area (Å²) in [6.45, 7) is 0. The number of hydrogen-bond donors (Lipinski definition) is 0. The normalized spacial score (nSPS) is 13.2. The van der Waals surface area contributed by atoms with Crippen molar-refractivity contribution in [1.29, 1.82) is 0 Å². The van der Waals surface area contributed by atoms with Crippen LogP contribution in [-0.2, 0) is 5.41 Å². The summed E-state index contributed by atoms with van der Waals surface area (Å²) in [6, 6.07) is 68.4. The van der Waals surface area contributed by atoms with E-state index < -0.39 is 5.41 Å². The molecule has 8 aromatic carbocycles. The molecular formula is C49H31NOS. The molecule has 0 bridgehead atoms. The molecule has 0 spiro atoms. The topological polar surface area (TPSA) is 16.4 Å². The molecule has 0 N–H and O–H groups in total. The third kappa shape index (κ3) is 4.06. The maximum absolute atomic E-state index is 6.41. The maximum Gasteiger partial charge on any atom is 0.137 e. The predicted octanol–water partition coefficient (Wildman–Crippen LogP) is 13.8. The number of para-hydroxylation sites is 2. The molecule has 1 aliphatic rings. The van der Waals surface area contributed by atoms with Crippen molar-refractivity contribution < 1.29 is 4.42 Å². The highest BCUT2D eigenvalue weighted by molar-refractivity contribution is 7.26. The van der Waals surface area contributed by atoms with Crippen molar-refractivity contribution >= 4 is 70.5 Å². The Morgan fingerprint density at radius 2 is 1.06 bits per heavy atom. The van der Waals surface area contributed by atoms with Gasteiger partial charge >= 0.3 is 0 Å². The molecule has 2 heterocycles. The molecule has 0 saturated heterocycles. The molecule has 0 atom stereocenters. The Hall–Kier alpha value is -6.42. The fourth-order valence-electron chi connectivity index (χ4n) is 8.86. The summed E-state index contributed by atoms with van der Waals surface area (Å²) < 4.78 is 8.94. The summed E-state index contributed by atoms with van der Waals surface area (Å²) in [5, 5.41) is 4.83. The van der Waals surface area contributed by atoms with Gasteiger partial charge in [0.05, 0.1) is 15.8 Å². The van der Waals surface area contributed by atoms with E-state index in [2.05, 4.69) is 181 Å². The highest BCUT2D eigenvalue weighted by Crippen LogP contribution is 2.58. The highest BCUT2D eigenvalue weighted by atomic mass is 32.1. The van der Waals surface area contributed by atoms with Crippen molar-refractivity contribution in [3.8, 4) is 11.1 Å². The zero-order valence-electron chi connectivity index (χ0n) is 28.2. The van der Waals surface area contributed by atoms with Gasteiger partial charge in [-0.05, 0) is 75.8 Å². The zero-order chi connectivity index (χ0) is 34.2. The van der Waals surface area contributed by atoms with Crippen LogP contribution in [0.1, 0.15) is 22.3 Å². The first kappa shape index (κ1) is 29.3. The quantitative estimate of drug-likeness (QED) is 0.180. The van der Waals surface area contributed by atoms with Crippen LogP contribution in [0.15, 0.2) is 192 Å². The van der Waals surface area contributed by atoms with Gasteiger partial charge in [-0.2, -0.15) is 0 Å². The Labute approximate surface area is 305 Å². The third-order valence-electron chi connectivity index (χ3n) is 10.9. The fourth-order valence-corrected chi connectivity index (χ4v) is 10.1. The molecule has 0 radical (unpaired) electrons. The first-order chi connectivity index (χ1) is 25.8. The lowest BCUT2D eigenvalue weighted by atomic mass is 9.66. The Bertz CT molecular complexity index is 2930. The standard InChI is InChI=1S/C49H31NOS/c1-3-15-32(16-4-1)49(40-23-10-7-19-35(40)36-20-8-11-24-41(36)49)42-25-14-28-46-47(42)39-22-13-26-43(48(39)52-46)50(33-17-5-2-6-18-33)34-29-30-38-37-21-9-12-27-44(37)51-45(38)31-34/h1-31H. The number of anilines is 3. The van der Waals surface area contributed by atoms with E-state index in [1.54, 1.807) is 0 Å². The molecule has 2 nitrogen and oxygen atoms in total.